The molecule has 130 valence electrons. The molecule has 2 aromatic rings. The van der Waals surface area contributed by atoms with Gasteiger partial charge in [0, 0.05) is 0 Å². The van der Waals surface area contributed by atoms with Gasteiger partial charge in [-0.1, -0.05) is 55.9 Å². The van der Waals surface area contributed by atoms with Crippen LogP contribution < -0.4 is 0 Å². The zero-order valence-electron chi connectivity index (χ0n) is 14.8. The molecule has 0 unspecified atom stereocenters. The van der Waals surface area contributed by atoms with Crippen LogP contribution in [-0.4, -0.2) is 8.07 Å². The molecule has 0 bridgehead atoms. The van der Waals surface area contributed by atoms with Gasteiger partial charge in [0.25, 0.3) is 0 Å². The van der Waals surface area contributed by atoms with Crippen LogP contribution in [0.2, 0.25) is 19.6 Å². The smallest absolute Gasteiger partial charge is 0.130 e. The fraction of sp³-hybridized carbons (Fsp3) is 0.143. The number of halogens is 2. The highest BCUT2D eigenvalue weighted by atomic mass is 79.9. The van der Waals surface area contributed by atoms with Gasteiger partial charge in [-0.05, 0) is 73.5 Å². The molecular formula is C21H18Br2N2Si. The molecule has 5 heteroatoms. The van der Waals surface area contributed by atoms with E-state index in [-0.39, 0.29) is 0 Å². The van der Waals surface area contributed by atoms with E-state index in [4.69, 9.17) is 0 Å². The van der Waals surface area contributed by atoms with Gasteiger partial charge in [-0.2, -0.15) is 10.2 Å². The summed E-state index contributed by atoms with van der Waals surface area (Å²) < 4.78 is 0.797. The van der Waals surface area contributed by atoms with Gasteiger partial charge in [-0.25, -0.2) is 0 Å². The Labute approximate surface area is 173 Å². The molecule has 0 N–H and O–H groups in total. The topological polar surface area (TPSA) is 24.7 Å². The van der Waals surface area contributed by atoms with Crippen LogP contribution >= 0.6 is 31.9 Å². The summed E-state index contributed by atoms with van der Waals surface area (Å²) in [5.74, 6) is 9.03. The van der Waals surface area contributed by atoms with Gasteiger partial charge >= 0.3 is 0 Å². The first-order valence-corrected chi connectivity index (χ1v) is 13.1. The van der Waals surface area contributed by atoms with E-state index in [9.17, 15) is 0 Å². The molecule has 0 aliphatic heterocycles. The van der Waals surface area contributed by atoms with Gasteiger partial charge in [0.1, 0.15) is 8.07 Å². The number of benzene rings is 2. The maximum atomic E-state index is 4.26. The first kappa shape index (κ1) is 20.4. The van der Waals surface area contributed by atoms with Crippen molar-refractivity contribution in [1.29, 1.82) is 0 Å². The van der Waals surface area contributed by atoms with Crippen molar-refractivity contribution >= 4 is 56.9 Å². The van der Waals surface area contributed by atoms with E-state index in [0.717, 1.165) is 25.9 Å². The van der Waals surface area contributed by atoms with E-state index < -0.39 is 8.07 Å². The van der Waals surface area contributed by atoms with Gasteiger partial charge in [-0.15, -0.1) is 5.54 Å². The lowest BCUT2D eigenvalue weighted by Gasteiger charge is -2.02. The second kappa shape index (κ2) is 9.69. The molecule has 0 atom stereocenters. The molecule has 26 heavy (non-hydrogen) atoms. The molecule has 0 fully saturated rings. The third kappa shape index (κ3) is 7.13. The molecule has 0 saturated carbocycles. The summed E-state index contributed by atoms with van der Waals surface area (Å²) in [6, 6.07) is 17.4. The summed E-state index contributed by atoms with van der Waals surface area (Å²) in [6.45, 7) is 6.59. The fourth-order valence-corrected chi connectivity index (χ4v) is 2.94. The summed E-state index contributed by atoms with van der Waals surface area (Å²) in [6.07, 6.45) is 0. The molecule has 0 aromatic heterocycles. The van der Waals surface area contributed by atoms with Crippen molar-refractivity contribution in [2.75, 3.05) is 0 Å². The van der Waals surface area contributed by atoms with Crippen molar-refractivity contribution in [2.45, 2.75) is 19.6 Å². The average Bonchev–Trinajstić information content (AvgIpc) is 2.60. The number of hydrogen-bond acceptors (Lipinski definition) is 2. The number of rotatable bonds is 3. The summed E-state index contributed by atoms with van der Waals surface area (Å²) in [4.78, 5) is 0. The van der Waals surface area contributed by atoms with Crippen LogP contribution in [0.25, 0.3) is 5.57 Å². The van der Waals surface area contributed by atoms with E-state index in [1.165, 1.54) is 0 Å². The molecule has 0 aliphatic rings. The van der Waals surface area contributed by atoms with Crippen LogP contribution in [0.15, 0.2) is 68.2 Å². The van der Waals surface area contributed by atoms with Gasteiger partial charge in [0.05, 0.1) is 20.3 Å². The molecule has 0 spiro atoms. The van der Waals surface area contributed by atoms with Crippen LogP contribution in [0.3, 0.4) is 0 Å². The molecule has 2 rings (SSSR count). The first-order valence-electron chi connectivity index (χ1n) is 8.01. The number of nitrogens with zero attached hydrogens (tertiary/aromatic N) is 2. The number of hydrogen-bond donors (Lipinski definition) is 0. The molecule has 0 aliphatic carbocycles. The van der Waals surface area contributed by atoms with Crippen molar-refractivity contribution in [3.05, 3.63) is 63.6 Å². The van der Waals surface area contributed by atoms with E-state index in [0.29, 0.717) is 0 Å². The van der Waals surface area contributed by atoms with E-state index >= 15 is 0 Å². The predicted molar refractivity (Wildman–Crippen MR) is 121 cm³/mol. The van der Waals surface area contributed by atoms with Crippen molar-refractivity contribution in [2.24, 2.45) is 10.2 Å². The van der Waals surface area contributed by atoms with Crippen molar-refractivity contribution in [3.63, 3.8) is 0 Å². The Bertz CT molecular complexity index is 929. The minimum Gasteiger partial charge on any atom is -0.151 e. The second-order valence-corrected chi connectivity index (χ2v) is 13.9. The maximum absolute atomic E-state index is 4.26. The van der Waals surface area contributed by atoms with Gasteiger partial charge in [-0.3, -0.25) is 0 Å². The summed E-state index contributed by atoms with van der Waals surface area (Å²) in [5.41, 5.74) is 6.69. The van der Waals surface area contributed by atoms with Crippen LogP contribution in [-0.2, 0) is 0 Å². The van der Waals surface area contributed by atoms with E-state index in [1.807, 2.05) is 54.6 Å². The summed E-state index contributed by atoms with van der Waals surface area (Å²) >= 11 is 6.92. The normalized spacial score (nSPS) is 10.5. The Morgan fingerprint density at radius 2 is 1.38 bits per heavy atom. The highest BCUT2D eigenvalue weighted by molar-refractivity contribution is 9.28. The Balaban J connectivity index is 2.19. The third-order valence-corrected chi connectivity index (χ3v) is 4.74. The van der Waals surface area contributed by atoms with Crippen molar-refractivity contribution in [3.8, 4) is 23.3 Å². The SMILES string of the molecule is C[Si](C)(C)C#CC#CC(=C(Br)Br)c1ccc(N=Nc2ccccc2)cc1. The van der Waals surface area contributed by atoms with E-state index in [2.05, 4.69) is 85.0 Å². The molecule has 0 saturated heterocycles. The van der Waals surface area contributed by atoms with Crippen LogP contribution in [0.1, 0.15) is 5.56 Å². The molecule has 2 aromatic carbocycles. The molecule has 0 heterocycles. The Kier molecular flexibility index (Phi) is 7.60. The average molecular weight is 486 g/mol. The number of allylic oxidation sites excluding steroid dienone is 1. The van der Waals surface area contributed by atoms with Gasteiger partial charge in [0.15, 0.2) is 0 Å². The minimum absolute atomic E-state index is 0.786. The van der Waals surface area contributed by atoms with E-state index in [1.54, 1.807) is 0 Å². The fourth-order valence-electron chi connectivity index (χ4n) is 1.85. The van der Waals surface area contributed by atoms with Crippen LogP contribution in [0.5, 0.6) is 0 Å². The minimum atomic E-state index is -1.41. The maximum Gasteiger partial charge on any atom is 0.130 e. The predicted octanol–water partition coefficient (Wildman–Crippen LogP) is 7.44. The largest absolute Gasteiger partial charge is 0.151 e. The zero-order chi connectivity index (χ0) is 19.0. The molecular weight excluding hydrogens is 468 g/mol. The van der Waals surface area contributed by atoms with Crippen molar-refractivity contribution in [1.82, 2.24) is 0 Å². The standard InChI is InChI=1S/C21H18Br2N2Si/c1-26(2,3)16-8-7-11-20(21(22)23)17-12-14-19(15-13-17)25-24-18-9-5-4-6-10-18/h4-6,9-10,12-15H,1-3H3. The van der Waals surface area contributed by atoms with Crippen LogP contribution in [0, 0.1) is 23.3 Å². The van der Waals surface area contributed by atoms with Crippen molar-refractivity contribution < 1.29 is 0 Å². The quantitative estimate of drug-likeness (QED) is 0.245. The lowest BCUT2D eigenvalue weighted by atomic mass is 10.1. The first-order chi connectivity index (χ1) is 12.3. The molecule has 0 amide bonds. The van der Waals surface area contributed by atoms with Crippen LogP contribution in [0.4, 0.5) is 11.4 Å². The Morgan fingerprint density at radius 1 is 0.808 bits per heavy atom. The Morgan fingerprint density at radius 3 is 1.92 bits per heavy atom. The Hall–Kier alpha value is -1.92. The lowest BCUT2D eigenvalue weighted by Crippen LogP contribution is -2.16. The summed E-state index contributed by atoms with van der Waals surface area (Å²) in [7, 11) is -1.41. The monoisotopic (exact) mass is 484 g/mol. The third-order valence-electron chi connectivity index (χ3n) is 3.07. The molecule has 2 nitrogen and oxygen atoms in total. The highest BCUT2D eigenvalue weighted by Crippen LogP contribution is 2.28. The molecule has 0 radical (unpaired) electrons. The van der Waals surface area contributed by atoms with Gasteiger partial charge in [0.2, 0.25) is 0 Å². The highest BCUT2D eigenvalue weighted by Gasteiger charge is 2.07. The zero-order valence-corrected chi connectivity index (χ0v) is 19.0. The second-order valence-electron chi connectivity index (χ2n) is 6.47. The summed E-state index contributed by atoms with van der Waals surface area (Å²) in [5, 5.41) is 8.48. The number of azo groups is 1. The lowest BCUT2D eigenvalue weighted by molar-refractivity contribution is 1.23. The van der Waals surface area contributed by atoms with Gasteiger partial charge < -0.3 is 0 Å².